The standard InChI is InChI=1S/C15H27NO2/c1-6-13(2)11-9-7-8-10-12-16-14(17)18-15(3,4)5/h6,9,11H,7-8,10,12H2,1-5H3,(H,16,17)/b11-9-,13-6-. The van der Waals surface area contributed by atoms with Crippen molar-refractivity contribution in [1.82, 2.24) is 5.32 Å². The van der Waals surface area contributed by atoms with Gasteiger partial charge in [-0.2, -0.15) is 0 Å². The first-order valence-corrected chi connectivity index (χ1v) is 6.61. The zero-order chi connectivity index (χ0) is 14.0. The van der Waals surface area contributed by atoms with Crippen molar-refractivity contribution in [3.05, 3.63) is 23.8 Å². The summed E-state index contributed by atoms with van der Waals surface area (Å²) in [6.07, 6.45) is 9.14. The van der Waals surface area contributed by atoms with Gasteiger partial charge in [-0.25, -0.2) is 4.79 Å². The molecule has 18 heavy (non-hydrogen) atoms. The van der Waals surface area contributed by atoms with Crippen LogP contribution in [0.5, 0.6) is 0 Å². The largest absolute Gasteiger partial charge is 0.444 e. The van der Waals surface area contributed by atoms with Crippen molar-refractivity contribution < 1.29 is 9.53 Å². The average molecular weight is 253 g/mol. The van der Waals surface area contributed by atoms with Crippen LogP contribution in [0.3, 0.4) is 0 Å². The smallest absolute Gasteiger partial charge is 0.407 e. The maximum absolute atomic E-state index is 11.3. The van der Waals surface area contributed by atoms with E-state index in [0.717, 1.165) is 19.3 Å². The van der Waals surface area contributed by atoms with Crippen LogP contribution in [0.15, 0.2) is 23.8 Å². The van der Waals surface area contributed by atoms with E-state index in [-0.39, 0.29) is 6.09 Å². The van der Waals surface area contributed by atoms with Crippen molar-refractivity contribution in [3.63, 3.8) is 0 Å². The van der Waals surface area contributed by atoms with E-state index in [1.807, 2.05) is 27.7 Å². The van der Waals surface area contributed by atoms with Crippen molar-refractivity contribution in [3.8, 4) is 0 Å². The van der Waals surface area contributed by atoms with Gasteiger partial charge in [0.05, 0.1) is 0 Å². The van der Waals surface area contributed by atoms with Gasteiger partial charge >= 0.3 is 6.09 Å². The topological polar surface area (TPSA) is 38.3 Å². The Morgan fingerprint density at radius 2 is 1.94 bits per heavy atom. The molecule has 0 aliphatic rings. The Bertz CT molecular complexity index is 298. The number of hydrogen-bond donors (Lipinski definition) is 1. The molecule has 0 aliphatic heterocycles. The summed E-state index contributed by atoms with van der Waals surface area (Å²) in [5, 5.41) is 2.75. The molecule has 0 aromatic heterocycles. The highest BCUT2D eigenvalue weighted by atomic mass is 16.6. The first-order chi connectivity index (χ1) is 8.35. The number of allylic oxidation sites excluding steroid dienone is 4. The van der Waals surface area contributed by atoms with Crippen LogP contribution in [-0.2, 0) is 4.74 Å². The molecule has 0 fully saturated rings. The quantitative estimate of drug-likeness (QED) is 0.569. The molecule has 3 nitrogen and oxygen atoms in total. The summed E-state index contributed by atoms with van der Waals surface area (Å²) in [6.45, 7) is 10.4. The molecule has 0 unspecified atom stereocenters. The molecule has 1 amide bonds. The van der Waals surface area contributed by atoms with Gasteiger partial charge in [-0.1, -0.05) is 23.8 Å². The van der Waals surface area contributed by atoms with E-state index >= 15 is 0 Å². The van der Waals surface area contributed by atoms with Crippen LogP contribution in [-0.4, -0.2) is 18.2 Å². The van der Waals surface area contributed by atoms with Crippen molar-refractivity contribution in [2.75, 3.05) is 6.54 Å². The van der Waals surface area contributed by atoms with E-state index < -0.39 is 5.60 Å². The van der Waals surface area contributed by atoms with Crippen molar-refractivity contribution in [2.45, 2.75) is 59.5 Å². The summed E-state index contributed by atoms with van der Waals surface area (Å²) >= 11 is 0. The summed E-state index contributed by atoms with van der Waals surface area (Å²) in [7, 11) is 0. The Hall–Kier alpha value is -1.25. The van der Waals surface area contributed by atoms with Gasteiger partial charge in [-0.15, -0.1) is 0 Å². The van der Waals surface area contributed by atoms with Gasteiger partial charge in [-0.05, 0) is 53.9 Å². The summed E-state index contributed by atoms with van der Waals surface area (Å²) in [5.74, 6) is 0. The molecule has 0 bridgehead atoms. The molecule has 0 saturated heterocycles. The molecule has 0 aliphatic carbocycles. The number of alkyl carbamates (subject to hydrolysis) is 1. The maximum atomic E-state index is 11.3. The number of hydrogen-bond acceptors (Lipinski definition) is 2. The molecule has 0 saturated carbocycles. The molecule has 0 rings (SSSR count). The molecule has 0 radical (unpaired) electrons. The van der Waals surface area contributed by atoms with Crippen LogP contribution in [0.1, 0.15) is 53.9 Å². The summed E-state index contributed by atoms with van der Waals surface area (Å²) in [6, 6.07) is 0. The Morgan fingerprint density at radius 3 is 2.50 bits per heavy atom. The molecule has 0 spiro atoms. The third kappa shape index (κ3) is 11.2. The molecule has 0 aromatic rings. The van der Waals surface area contributed by atoms with Crippen molar-refractivity contribution >= 4 is 6.09 Å². The number of unbranched alkanes of at least 4 members (excludes halogenated alkanes) is 2. The number of ether oxygens (including phenoxy) is 1. The second-order valence-corrected chi connectivity index (χ2v) is 5.36. The Labute approximate surface area is 111 Å². The van der Waals surface area contributed by atoms with Gasteiger partial charge in [-0.3, -0.25) is 0 Å². The second kappa shape index (κ2) is 8.78. The SMILES string of the molecule is C/C=C(C)\C=C/CCCCNC(=O)OC(C)(C)C. The molecule has 0 heterocycles. The Morgan fingerprint density at radius 1 is 1.28 bits per heavy atom. The second-order valence-electron chi connectivity index (χ2n) is 5.36. The minimum Gasteiger partial charge on any atom is -0.444 e. The predicted octanol–water partition coefficient (Wildman–Crippen LogP) is 4.20. The van der Waals surface area contributed by atoms with Crippen LogP contribution in [0.25, 0.3) is 0 Å². The lowest BCUT2D eigenvalue weighted by atomic mass is 10.2. The van der Waals surface area contributed by atoms with E-state index in [0.29, 0.717) is 6.54 Å². The Kier molecular flexibility index (Phi) is 8.17. The highest BCUT2D eigenvalue weighted by Gasteiger charge is 2.15. The monoisotopic (exact) mass is 253 g/mol. The lowest BCUT2D eigenvalue weighted by molar-refractivity contribution is 0.0527. The number of amides is 1. The van der Waals surface area contributed by atoms with Crippen molar-refractivity contribution in [2.24, 2.45) is 0 Å². The van der Waals surface area contributed by atoms with Crippen molar-refractivity contribution in [1.29, 1.82) is 0 Å². The number of carbonyl (C=O) groups is 1. The van der Waals surface area contributed by atoms with Gasteiger partial charge in [0.1, 0.15) is 5.60 Å². The molecule has 3 heteroatoms. The van der Waals surface area contributed by atoms with E-state index in [1.54, 1.807) is 0 Å². The minimum absolute atomic E-state index is 0.331. The van der Waals surface area contributed by atoms with E-state index in [9.17, 15) is 4.79 Å². The normalized spacial score (nSPS) is 12.8. The van der Waals surface area contributed by atoms with E-state index in [1.165, 1.54) is 5.57 Å². The van der Waals surface area contributed by atoms with Crippen LogP contribution < -0.4 is 5.32 Å². The Balaban J connectivity index is 3.52. The van der Waals surface area contributed by atoms with Gasteiger partial charge in [0.15, 0.2) is 0 Å². The lowest BCUT2D eigenvalue weighted by Crippen LogP contribution is -2.32. The predicted molar refractivity (Wildman–Crippen MR) is 76.7 cm³/mol. The van der Waals surface area contributed by atoms with E-state index in [4.69, 9.17) is 4.74 Å². The molecule has 0 aromatic carbocycles. The summed E-state index contributed by atoms with van der Waals surface area (Å²) < 4.78 is 5.14. The number of carbonyl (C=O) groups excluding carboxylic acids is 1. The van der Waals surface area contributed by atoms with Gasteiger partial charge < -0.3 is 10.1 Å². The first kappa shape index (κ1) is 16.8. The number of rotatable bonds is 6. The van der Waals surface area contributed by atoms with Gasteiger partial charge in [0.2, 0.25) is 0 Å². The fourth-order valence-corrected chi connectivity index (χ4v) is 1.26. The minimum atomic E-state index is -0.420. The zero-order valence-corrected chi connectivity index (χ0v) is 12.4. The molecule has 0 atom stereocenters. The molecular weight excluding hydrogens is 226 g/mol. The highest BCUT2D eigenvalue weighted by molar-refractivity contribution is 5.67. The van der Waals surface area contributed by atoms with Gasteiger partial charge in [0, 0.05) is 6.54 Å². The number of nitrogens with one attached hydrogen (secondary N) is 1. The summed E-state index contributed by atoms with van der Waals surface area (Å²) in [4.78, 5) is 11.3. The molecular formula is C15H27NO2. The van der Waals surface area contributed by atoms with Crippen LogP contribution in [0.2, 0.25) is 0 Å². The van der Waals surface area contributed by atoms with Crippen LogP contribution in [0.4, 0.5) is 4.79 Å². The first-order valence-electron chi connectivity index (χ1n) is 6.61. The maximum Gasteiger partial charge on any atom is 0.407 e. The van der Waals surface area contributed by atoms with Gasteiger partial charge in [0.25, 0.3) is 0 Å². The summed E-state index contributed by atoms with van der Waals surface area (Å²) in [5.41, 5.74) is 0.860. The van der Waals surface area contributed by atoms with E-state index in [2.05, 4.69) is 30.5 Å². The fraction of sp³-hybridized carbons (Fsp3) is 0.667. The fourth-order valence-electron chi connectivity index (χ4n) is 1.26. The zero-order valence-electron chi connectivity index (χ0n) is 12.4. The van der Waals surface area contributed by atoms with Crippen LogP contribution in [0, 0.1) is 0 Å². The third-order valence-corrected chi connectivity index (χ3v) is 2.30. The lowest BCUT2D eigenvalue weighted by Gasteiger charge is -2.19. The molecule has 1 N–H and O–H groups in total. The third-order valence-electron chi connectivity index (χ3n) is 2.30. The molecule has 104 valence electrons. The van der Waals surface area contributed by atoms with Crippen LogP contribution >= 0.6 is 0 Å². The highest BCUT2D eigenvalue weighted by Crippen LogP contribution is 2.06. The average Bonchev–Trinajstić information content (AvgIpc) is 2.25.